The molecule has 2 rings (SSSR count). The number of methoxy groups -OCH3 is 1. The summed E-state index contributed by atoms with van der Waals surface area (Å²) in [6.45, 7) is 2.11. The van der Waals surface area contributed by atoms with E-state index in [4.69, 9.17) is 9.47 Å². The van der Waals surface area contributed by atoms with Crippen LogP contribution in [0.1, 0.15) is 25.7 Å². The average Bonchev–Trinajstić information content (AvgIpc) is 2.85. The van der Waals surface area contributed by atoms with Crippen LogP contribution >= 0.6 is 0 Å². The second-order valence-corrected chi connectivity index (χ2v) is 5.67. The first-order chi connectivity index (χ1) is 9.63. The van der Waals surface area contributed by atoms with E-state index >= 15 is 0 Å². The summed E-state index contributed by atoms with van der Waals surface area (Å²) in [5, 5.41) is 10.4. The molecule has 112 valence electrons. The summed E-state index contributed by atoms with van der Waals surface area (Å²) in [4.78, 5) is 2.14. The number of rotatable bonds is 7. The minimum absolute atomic E-state index is 0.487. The fraction of sp³-hybridized carbons (Fsp3) is 0.625. The third kappa shape index (κ3) is 4.12. The van der Waals surface area contributed by atoms with Gasteiger partial charge < -0.3 is 19.5 Å². The van der Waals surface area contributed by atoms with Gasteiger partial charge in [0.05, 0.1) is 12.7 Å². The first-order valence-corrected chi connectivity index (χ1v) is 7.30. The predicted octanol–water partition coefficient (Wildman–Crippen LogP) is 2.31. The van der Waals surface area contributed by atoms with Gasteiger partial charge in [-0.05, 0) is 32.0 Å². The van der Waals surface area contributed by atoms with Gasteiger partial charge in [-0.1, -0.05) is 25.0 Å². The highest BCUT2D eigenvalue weighted by molar-refractivity contribution is 5.39. The molecular formula is C16H25NO3. The van der Waals surface area contributed by atoms with E-state index in [1.165, 1.54) is 0 Å². The predicted molar refractivity (Wildman–Crippen MR) is 79.4 cm³/mol. The molecule has 0 saturated heterocycles. The van der Waals surface area contributed by atoms with Gasteiger partial charge in [0.2, 0.25) is 0 Å². The standard InChI is InChI=1S/C16H25NO3/c1-17(13-16(18)9-5-6-10-16)11-12-20-15-8-4-3-7-14(15)19-2/h3-4,7-8,18H,5-6,9-13H2,1-2H3. The zero-order valence-electron chi connectivity index (χ0n) is 12.5. The maximum absolute atomic E-state index is 10.4. The van der Waals surface area contributed by atoms with Gasteiger partial charge in [-0.2, -0.15) is 0 Å². The zero-order valence-corrected chi connectivity index (χ0v) is 12.5. The fourth-order valence-corrected chi connectivity index (χ4v) is 2.82. The highest BCUT2D eigenvalue weighted by Crippen LogP contribution is 2.30. The van der Waals surface area contributed by atoms with Crippen LogP contribution in [-0.2, 0) is 0 Å². The Balaban J connectivity index is 1.75. The second kappa shape index (κ2) is 6.95. The number of aliphatic hydroxyl groups is 1. The third-order valence-electron chi connectivity index (χ3n) is 3.90. The summed E-state index contributed by atoms with van der Waals surface area (Å²) in [5.74, 6) is 1.52. The molecule has 0 aliphatic heterocycles. The smallest absolute Gasteiger partial charge is 0.161 e. The summed E-state index contributed by atoms with van der Waals surface area (Å²) in [6.07, 6.45) is 4.12. The SMILES string of the molecule is COc1ccccc1OCCN(C)CC1(O)CCCC1. The zero-order chi connectivity index (χ0) is 14.4. The van der Waals surface area contributed by atoms with E-state index in [1.807, 2.05) is 31.3 Å². The van der Waals surface area contributed by atoms with Crippen LogP contribution in [0.3, 0.4) is 0 Å². The lowest BCUT2D eigenvalue weighted by Gasteiger charge is -2.28. The number of benzene rings is 1. The van der Waals surface area contributed by atoms with Crippen molar-refractivity contribution >= 4 is 0 Å². The molecule has 20 heavy (non-hydrogen) atoms. The van der Waals surface area contributed by atoms with Crippen LogP contribution in [0.2, 0.25) is 0 Å². The molecule has 1 aliphatic rings. The first kappa shape index (κ1) is 15.1. The van der Waals surface area contributed by atoms with E-state index < -0.39 is 5.60 Å². The minimum Gasteiger partial charge on any atom is -0.493 e. The van der Waals surface area contributed by atoms with Crippen LogP contribution in [-0.4, -0.2) is 49.5 Å². The molecule has 0 atom stereocenters. The Kier molecular flexibility index (Phi) is 5.26. The Hall–Kier alpha value is -1.26. The van der Waals surface area contributed by atoms with Crippen molar-refractivity contribution in [3.05, 3.63) is 24.3 Å². The molecule has 1 fully saturated rings. The number of likely N-dealkylation sites (N-methyl/N-ethyl adjacent to an activating group) is 1. The van der Waals surface area contributed by atoms with Crippen molar-refractivity contribution in [1.29, 1.82) is 0 Å². The highest BCUT2D eigenvalue weighted by atomic mass is 16.5. The largest absolute Gasteiger partial charge is 0.493 e. The Morgan fingerprint density at radius 3 is 2.50 bits per heavy atom. The van der Waals surface area contributed by atoms with E-state index in [0.29, 0.717) is 6.61 Å². The van der Waals surface area contributed by atoms with Gasteiger partial charge in [0.15, 0.2) is 11.5 Å². The molecule has 1 aromatic rings. The molecule has 1 aromatic carbocycles. The van der Waals surface area contributed by atoms with Crippen molar-refractivity contribution in [2.75, 3.05) is 33.9 Å². The molecule has 0 heterocycles. The monoisotopic (exact) mass is 279 g/mol. The number of para-hydroxylation sites is 2. The molecule has 0 radical (unpaired) electrons. The van der Waals surface area contributed by atoms with Crippen molar-refractivity contribution in [1.82, 2.24) is 4.90 Å². The Bertz CT molecular complexity index is 416. The van der Waals surface area contributed by atoms with Crippen molar-refractivity contribution in [2.24, 2.45) is 0 Å². The lowest BCUT2D eigenvalue weighted by molar-refractivity contribution is 0.0138. The fourth-order valence-electron chi connectivity index (χ4n) is 2.82. The van der Waals surface area contributed by atoms with E-state index in [-0.39, 0.29) is 0 Å². The van der Waals surface area contributed by atoms with Crippen LogP contribution in [0.4, 0.5) is 0 Å². The van der Waals surface area contributed by atoms with Crippen molar-refractivity contribution in [3.8, 4) is 11.5 Å². The average molecular weight is 279 g/mol. The molecule has 0 aromatic heterocycles. The molecule has 4 nitrogen and oxygen atoms in total. The quantitative estimate of drug-likeness (QED) is 0.831. The topological polar surface area (TPSA) is 41.9 Å². The first-order valence-electron chi connectivity index (χ1n) is 7.30. The summed E-state index contributed by atoms with van der Waals surface area (Å²) in [5.41, 5.74) is -0.487. The normalized spacial score (nSPS) is 17.4. The summed E-state index contributed by atoms with van der Waals surface area (Å²) in [6, 6.07) is 7.65. The van der Waals surface area contributed by atoms with Crippen LogP contribution in [0.15, 0.2) is 24.3 Å². The maximum Gasteiger partial charge on any atom is 0.161 e. The van der Waals surface area contributed by atoms with Crippen LogP contribution < -0.4 is 9.47 Å². The second-order valence-electron chi connectivity index (χ2n) is 5.67. The molecule has 1 saturated carbocycles. The molecule has 0 amide bonds. The van der Waals surface area contributed by atoms with Gasteiger partial charge in [0.1, 0.15) is 6.61 Å². The van der Waals surface area contributed by atoms with Crippen LogP contribution in [0, 0.1) is 0 Å². The van der Waals surface area contributed by atoms with Crippen molar-refractivity contribution in [2.45, 2.75) is 31.3 Å². The van der Waals surface area contributed by atoms with Gasteiger partial charge in [-0.3, -0.25) is 0 Å². The number of hydrogen-bond donors (Lipinski definition) is 1. The maximum atomic E-state index is 10.4. The van der Waals surface area contributed by atoms with E-state index in [9.17, 15) is 5.11 Å². The van der Waals surface area contributed by atoms with Gasteiger partial charge in [-0.15, -0.1) is 0 Å². The molecular weight excluding hydrogens is 254 g/mol. The van der Waals surface area contributed by atoms with E-state index in [0.717, 1.165) is 50.3 Å². The van der Waals surface area contributed by atoms with Gasteiger partial charge in [0, 0.05) is 13.1 Å². The molecule has 4 heteroatoms. The number of hydrogen-bond acceptors (Lipinski definition) is 4. The molecule has 0 unspecified atom stereocenters. The van der Waals surface area contributed by atoms with E-state index in [1.54, 1.807) is 7.11 Å². The van der Waals surface area contributed by atoms with Crippen molar-refractivity contribution < 1.29 is 14.6 Å². The molecule has 1 aliphatic carbocycles. The van der Waals surface area contributed by atoms with Crippen LogP contribution in [0.25, 0.3) is 0 Å². The third-order valence-corrected chi connectivity index (χ3v) is 3.90. The summed E-state index contributed by atoms with van der Waals surface area (Å²) < 4.78 is 11.0. The Morgan fingerprint density at radius 1 is 1.20 bits per heavy atom. The molecule has 1 N–H and O–H groups in total. The minimum atomic E-state index is -0.487. The lowest BCUT2D eigenvalue weighted by atomic mass is 10.0. The van der Waals surface area contributed by atoms with Crippen LogP contribution in [0.5, 0.6) is 11.5 Å². The Labute approximate surface area is 121 Å². The van der Waals surface area contributed by atoms with Gasteiger partial charge >= 0.3 is 0 Å². The molecule has 0 spiro atoms. The van der Waals surface area contributed by atoms with Gasteiger partial charge in [0.25, 0.3) is 0 Å². The number of ether oxygens (including phenoxy) is 2. The Morgan fingerprint density at radius 2 is 1.85 bits per heavy atom. The van der Waals surface area contributed by atoms with E-state index in [2.05, 4.69) is 4.90 Å². The lowest BCUT2D eigenvalue weighted by Crippen LogP contribution is -2.40. The highest BCUT2D eigenvalue weighted by Gasteiger charge is 2.31. The summed E-state index contributed by atoms with van der Waals surface area (Å²) in [7, 11) is 3.67. The molecule has 0 bridgehead atoms. The summed E-state index contributed by atoms with van der Waals surface area (Å²) >= 11 is 0. The number of nitrogens with zero attached hydrogens (tertiary/aromatic N) is 1. The van der Waals surface area contributed by atoms with Gasteiger partial charge in [-0.25, -0.2) is 0 Å². The van der Waals surface area contributed by atoms with Crippen molar-refractivity contribution in [3.63, 3.8) is 0 Å².